The van der Waals surface area contributed by atoms with Crippen molar-refractivity contribution in [2.45, 2.75) is 32.4 Å². The van der Waals surface area contributed by atoms with Crippen molar-refractivity contribution in [3.8, 4) is 16.9 Å². The standard InChI is InChI=1S/C25H27N5O/c1-18-7-8-20(15-23(18)31-17-19-5-3-2-4-6-19)22-16-28-25(30-14-11-27-24(22)30)29-12-9-21(26)10-13-29/h2-8,11,14-16,21H,9-10,12-13,17,26H2,1H3. The lowest BCUT2D eigenvalue weighted by Crippen LogP contribution is -2.40. The van der Waals surface area contributed by atoms with Gasteiger partial charge in [0.05, 0.1) is 0 Å². The second-order valence-electron chi connectivity index (χ2n) is 8.17. The average Bonchev–Trinajstić information content (AvgIpc) is 3.29. The van der Waals surface area contributed by atoms with Gasteiger partial charge in [-0.05, 0) is 42.5 Å². The van der Waals surface area contributed by atoms with Gasteiger partial charge in [-0.2, -0.15) is 0 Å². The van der Waals surface area contributed by atoms with Gasteiger partial charge in [-0.3, -0.25) is 4.40 Å². The van der Waals surface area contributed by atoms with Crippen LogP contribution in [0, 0.1) is 6.92 Å². The summed E-state index contributed by atoms with van der Waals surface area (Å²) >= 11 is 0. The summed E-state index contributed by atoms with van der Waals surface area (Å²) in [6.45, 7) is 4.45. The largest absolute Gasteiger partial charge is 0.489 e. The molecule has 158 valence electrons. The van der Waals surface area contributed by atoms with Gasteiger partial charge >= 0.3 is 0 Å². The molecule has 0 atom stereocenters. The van der Waals surface area contributed by atoms with Gasteiger partial charge in [-0.25, -0.2) is 9.97 Å². The molecule has 2 aromatic carbocycles. The molecule has 0 bridgehead atoms. The number of ether oxygens (including phenoxy) is 1. The number of nitrogens with zero attached hydrogens (tertiary/aromatic N) is 4. The summed E-state index contributed by atoms with van der Waals surface area (Å²) in [5.41, 5.74) is 11.3. The summed E-state index contributed by atoms with van der Waals surface area (Å²) in [7, 11) is 0. The third kappa shape index (κ3) is 3.99. The molecular formula is C25H27N5O. The van der Waals surface area contributed by atoms with Gasteiger partial charge in [-0.15, -0.1) is 0 Å². The van der Waals surface area contributed by atoms with Crippen LogP contribution in [0.1, 0.15) is 24.0 Å². The van der Waals surface area contributed by atoms with Crippen molar-refractivity contribution in [1.29, 1.82) is 0 Å². The Balaban J connectivity index is 1.46. The van der Waals surface area contributed by atoms with Crippen LogP contribution in [0.15, 0.2) is 67.1 Å². The number of hydrogen-bond donors (Lipinski definition) is 1. The number of nitrogens with two attached hydrogens (primary N) is 1. The zero-order valence-corrected chi connectivity index (χ0v) is 17.7. The van der Waals surface area contributed by atoms with Gasteiger partial charge in [0.2, 0.25) is 5.95 Å². The number of aromatic nitrogens is 3. The predicted octanol–water partition coefficient (Wildman–Crippen LogP) is 4.21. The average molecular weight is 414 g/mol. The third-order valence-corrected chi connectivity index (χ3v) is 5.97. The summed E-state index contributed by atoms with van der Waals surface area (Å²) in [6.07, 6.45) is 7.72. The number of aryl methyl sites for hydroxylation is 1. The number of anilines is 1. The van der Waals surface area contributed by atoms with Crippen LogP contribution in [0.2, 0.25) is 0 Å². The van der Waals surface area contributed by atoms with E-state index in [1.807, 2.05) is 36.8 Å². The summed E-state index contributed by atoms with van der Waals surface area (Å²) in [6, 6.07) is 16.8. The first-order chi connectivity index (χ1) is 15.2. The van der Waals surface area contributed by atoms with Gasteiger partial charge in [0.1, 0.15) is 18.0 Å². The highest BCUT2D eigenvalue weighted by Crippen LogP contribution is 2.31. The number of imidazole rings is 1. The molecule has 5 rings (SSSR count). The third-order valence-electron chi connectivity index (χ3n) is 5.97. The Kier molecular flexibility index (Phi) is 5.30. The van der Waals surface area contributed by atoms with E-state index in [-0.39, 0.29) is 6.04 Å². The number of hydrogen-bond acceptors (Lipinski definition) is 5. The summed E-state index contributed by atoms with van der Waals surface area (Å²) in [4.78, 5) is 11.8. The van der Waals surface area contributed by atoms with Crippen LogP contribution in [0.3, 0.4) is 0 Å². The number of benzene rings is 2. The first-order valence-corrected chi connectivity index (χ1v) is 10.8. The molecule has 1 fully saturated rings. The van der Waals surface area contributed by atoms with Crippen LogP contribution in [-0.2, 0) is 6.61 Å². The molecule has 6 nitrogen and oxygen atoms in total. The fourth-order valence-corrected chi connectivity index (χ4v) is 4.10. The quantitative estimate of drug-likeness (QED) is 0.531. The summed E-state index contributed by atoms with van der Waals surface area (Å²) in [5, 5.41) is 0. The number of rotatable bonds is 5. The number of piperidine rings is 1. The molecule has 6 heteroatoms. The smallest absolute Gasteiger partial charge is 0.211 e. The minimum atomic E-state index is 0.288. The molecular weight excluding hydrogens is 386 g/mol. The molecule has 2 aromatic heterocycles. The molecule has 2 N–H and O–H groups in total. The van der Waals surface area contributed by atoms with Gasteiger partial charge in [0, 0.05) is 43.3 Å². The van der Waals surface area contributed by atoms with Crippen molar-refractivity contribution >= 4 is 11.6 Å². The van der Waals surface area contributed by atoms with E-state index in [1.165, 1.54) is 0 Å². The van der Waals surface area contributed by atoms with Crippen LogP contribution in [0.5, 0.6) is 5.75 Å². The van der Waals surface area contributed by atoms with Gasteiger partial charge in [0.15, 0.2) is 0 Å². The Labute approximate surface area is 182 Å². The minimum absolute atomic E-state index is 0.288. The molecule has 1 aliphatic heterocycles. The molecule has 0 saturated carbocycles. The Bertz CT molecular complexity index is 1180. The molecule has 3 heterocycles. The van der Waals surface area contributed by atoms with E-state index >= 15 is 0 Å². The lowest BCUT2D eigenvalue weighted by molar-refractivity contribution is 0.304. The van der Waals surface area contributed by atoms with E-state index in [9.17, 15) is 0 Å². The van der Waals surface area contributed by atoms with E-state index in [2.05, 4.69) is 51.5 Å². The SMILES string of the molecule is Cc1ccc(-c2cnc(N3CCC(N)CC3)n3ccnc23)cc1OCc1ccccc1. The van der Waals surface area contributed by atoms with Crippen molar-refractivity contribution in [1.82, 2.24) is 14.4 Å². The highest BCUT2D eigenvalue weighted by Gasteiger charge is 2.21. The molecule has 1 saturated heterocycles. The first kappa shape index (κ1) is 19.6. The minimum Gasteiger partial charge on any atom is -0.489 e. The Morgan fingerprint density at radius 2 is 1.87 bits per heavy atom. The van der Waals surface area contributed by atoms with Crippen LogP contribution in [0.4, 0.5) is 5.95 Å². The molecule has 1 aliphatic rings. The van der Waals surface area contributed by atoms with E-state index in [0.717, 1.165) is 65.5 Å². The predicted molar refractivity (Wildman–Crippen MR) is 123 cm³/mol. The van der Waals surface area contributed by atoms with E-state index in [4.69, 9.17) is 15.5 Å². The van der Waals surface area contributed by atoms with Crippen LogP contribution >= 0.6 is 0 Å². The van der Waals surface area contributed by atoms with Crippen LogP contribution in [0.25, 0.3) is 16.8 Å². The molecule has 0 unspecified atom stereocenters. The summed E-state index contributed by atoms with van der Waals surface area (Å²) < 4.78 is 8.22. The van der Waals surface area contributed by atoms with Gasteiger partial charge in [0.25, 0.3) is 0 Å². The van der Waals surface area contributed by atoms with Crippen molar-refractivity contribution in [3.63, 3.8) is 0 Å². The lowest BCUT2D eigenvalue weighted by Gasteiger charge is -2.31. The summed E-state index contributed by atoms with van der Waals surface area (Å²) in [5.74, 6) is 1.80. The maximum Gasteiger partial charge on any atom is 0.211 e. The van der Waals surface area contributed by atoms with Crippen molar-refractivity contribution in [2.75, 3.05) is 18.0 Å². The zero-order chi connectivity index (χ0) is 21.2. The lowest BCUT2D eigenvalue weighted by atomic mass is 10.1. The molecule has 0 amide bonds. The van der Waals surface area contributed by atoms with Crippen molar-refractivity contribution in [2.24, 2.45) is 5.73 Å². The molecule has 0 aliphatic carbocycles. The van der Waals surface area contributed by atoms with Crippen LogP contribution < -0.4 is 15.4 Å². The van der Waals surface area contributed by atoms with E-state index in [0.29, 0.717) is 6.61 Å². The van der Waals surface area contributed by atoms with Crippen molar-refractivity contribution < 1.29 is 4.74 Å². The van der Waals surface area contributed by atoms with Gasteiger partial charge < -0.3 is 15.4 Å². The number of fused-ring (bicyclic) bond motifs is 1. The first-order valence-electron chi connectivity index (χ1n) is 10.8. The molecule has 0 spiro atoms. The van der Waals surface area contributed by atoms with Crippen LogP contribution in [-0.4, -0.2) is 33.5 Å². The Morgan fingerprint density at radius 3 is 2.68 bits per heavy atom. The second kappa shape index (κ2) is 8.40. The second-order valence-corrected chi connectivity index (χ2v) is 8.17. The van der Waals surface area contributed by atoms with E-state index in [1.54, 1.807) is 0 Å². The Hall–Kier alpha value is -3.38. The molecule has 4 aromatic rings. The normalized spacial score (nSPS) is 14.8. The highest BCUT2D eigenvalue weighted by atomic mass is 16.5. The maximum absolute atomic E-state index is 6.14. The maximum atomic E-state index is 6.14. The topological polar surface area (TPSA) is 68.7 Å². The highest BCUT2D eigenvalue weighted by molar-refractivity contribution is 5.79. The van der Waals surface area contributed by atoms with Gasteiger partial charge in [-0.1, -0.05) is 42.5 Å². The Morgan fingerprint density at radius 1 is 1.06 bits per heavy atom. The fraction of sp³-hybridized carbons (Fsp3) is 0.280. The monoisotopic (exact) mass is 413 g/mol. The molecule has 0 radical (unpaired) electrons. The van der Waals surface area contributed by atoms with E-state index < -0.39 is 0 Å². The zero-order valence-electron chi connectivity index (χ0n) is 17.7. The van der Waals surface area contributed by atoms with Crippen molar-refractivity contribution in [3.05, 3.63) is 78.2 Å². The fourth-order valence-electron chi connectivity index (χ4n) is 4.10. The molecule has 31 heavy (non-hydrogen) atoms.